The molecule has 4 N–H and O–H groups in total. The van der Waals surface area contributed by atoms with Crippen molar-refractivity contribution in [2.45, 2.75) is 53.4 Å². The number of rotatable bonds is 3. The van der Waals surface area contributed by atoms with Crippen LogP contribution in [0.3, 0.4) is 0 Å². The molecule has 0 aliphatic rings. The lowest BCUT2D eigenvalue weighted by molar-refractivity contribution is 0.425. The standard InChI is InChI=1S/C10H15BO2.C10H15N.ClH/c1-7(2)10-5-4-9(11(12)13)6-8(10)3;1-7(2)10-5-4-9(11)6-8(10)3;/h4-7,12-13H,1-3H3;4-7H,11H2,1-3H3;1H. The minimum absolute atomic E-state index is 0. The van der Waals surface area contributed by atoms with E-state index in [1.54, 1.807) is 6.07 Å². The third-order valence-corrected chi connectivity index (χ3v) is 4.13. The molecule has 0 amide bonds. The predicted octanol–water partition coefficient (Wildman–Crippen LogP) is 3.92. The summed E-state index contributed by atoms with van der Waals surface area (Å²) in [6.07, 6.45) is 0. The zero-order valence-corrected chi connectivity index (χ0v) is 16.9. The molecule has 2 aromatic carbocycles. The molecule has 0 saturated carbocycles. The molecule has 5 heteroatoms. The van der Waals surface area contributed by atoms with E-state index in [1.165, 1.54) is 16.7 Å². The first kappa shape index (κ1) is 23.5. The number of nitrogen functional groups attached to an aromatic ring is 1. The van der Waals surface area contributed by atoms with E-state index in [1.807, 2.05) is 31.2 Å². The maximum atomic E-state index is 8.93. The van der Waals surface area contributed by atoms with Crippen LogP contribution >= 0.6 is 12.4 Å². The third-order valence-electron chi connectivity index (χ3n) is 4.13. The highest BCUT2D eigenvalue weighted by Gasteiger charge is 2.12. The van der Waals surface area contributed by atoms with E-state index < -0.39 is 7.12 Å². The van der Waals surface area contributed by atoms with E-state index in [2.05, 4.69) is 40.7 Å². The van der Waals surface area contributed by atoms with Crippen molar-refractivity contribution in [2.75, 3.05) is 5.73 Å². The number of hydrogen-bond acceptors (Lipinski definition) is 3. The molecule has 0 aromatic heterocycles. The molecule has 0 saturated heterocycles. The van der Waals surface area contributed by atoms with Gasteiger partial charge in [0.1, 0.15) is 0 Å². The van der Waals surface area contributed by atoms with Gasteiger partial charge >= 0.3 is 7.12 Å². The predicted molar refractivity (Wildman–Crippen MR) is 112 cm³/mol. The molecule has 0 atom stereocenters. The average molecular weight is 364 g/mol. The summed E-state index contributed by atoms with van der Waals surface area (Å²) in [5, 5.41) is 17.9. The van der Waals surface area contributed by atoms with Crippen LogP contribution in [0.2, 0.25) is 0 Å². The number of benzene rings is 2. The van der Waals surface area contributed by atoms with Gasteiger partial charge in [0, 0.05) is 5.69 Å². The molecule has 0 bridgehead atoms. The van der Waals surface area contributed by atoms with Crippen molar-refractivity contribution >= 4 is 30.7 Å². The lowest BCUT2D eigenvalue weighted by atomic mass is 9.78. The van der Waals surface area contributed by atoms with E-state index >= 15 is 0 Å². The summed E-state index contributed by atoms with van der Waals surface area (Å²) in [5.41, 5.74) is 12.1. The quantitative estimate of drug-likeness (QED) is 0.572. The van der Waals surface area contributed by atoms with Crippen LogP contribution in [0, 0.1) is 13.8 Å². The van der Waals surface area contributed by atoms with Crippen LogP contribution in [-0.2, 0) is 0 Å². The average Bonchev–Trinajstić information content (AvgIpc) is 2.46. The summed E-state index contributed by atoms with van der Waals surface area (Å²) in [7, 11) is -1.36. The van der Waals surface area contributed by atoms with Gasteiger partial charge in [-0.1, -0.05) is 52.0 Å². The largest absolute Gasteiger partial charge is 0.488 e. The van der Waals surface area contributed by atoms with Gasteiger partial charge in [-0.15, -0.1) is 12.4 Å². The second kappa shape index (κ2) is 10.5. The van der Waals surface area contributed by atoms with Gasteiger partial charge in [0.05, 0.1) is 0 Å². The van der Waals surface area contributed by atoms with Gasteiger partial charge < -0.3 is 15.8 Å². The van der Waals surface area contributed by atoms with E-state index in [-0.39, 0.29) is 12.4 Å². The Morgan fingerprint density at radius 2 is 1.24 bits per heavy atom. The van der Waals surface area contributed by atoms with E-state index in [0.29, 0.717) is 17.3 Å². The van der Waals surface area contributed by atoms with Crippen molar-refractivity contribution in [3.8, 4) is 0 Å². The Hall–Kier alpha value is -1.49. The minimum Gasteiger partial charge on any atom is -0.423 e. The number of halogens is 1. The van der Waals surface area contributed by atoms with Crippen LogP contribution in [-0.4, -0.2) is 17.2 Å². The van der Waals surface area contributed by atoms with Crippen molar-refractivity contribution in [2.24, 2.45) is 0 Å². The van der Waals surface area contributed by atoms with Gasteiger partial charge in [-0.2, -0.15) is 0 Å². The molecule has 3 nitrogen and oxygen atoms in total. The topological polar surface area (TPSA) is 66.5 Å². The molecule has 0 unspecified atom stereocenters. The summed E-state index contributed by atoms with van der Waals surface area (Å²) < 4.78 is 0. The summed E-state index contributed by atoms with van der Waals surface area (Å²) >= 11 is 0. The van der Waals surface area contributed by atoms with Crippen LogP contribution in [0.4, 0.5) is 5.69 Å². The molecular weight excluding hydrogens is 332 g/mol. The second-order valence-corrected chi connectivity index (χ2v) is 6.92. The van der Waals surface area contributed by atoms with Crippen molar-refractivity contribution < 1.29 is 10.0 Å². The van der Waals surface area contributed by atoms with E-state index in [4.69, 9.17) is 15.8 Å². The lowest BCUT2D eigenvalue weighted by Gasteiger charge is -2.10. The van der Waals surface area contributed by atoms with Gasteiger partial charge in [-0.3, -0.25) is 0 Å². The lowest BCUT2D eigenvalue weighted by Crippen LogP contribution is -2.30. The van der Waals surface area contributed by atoms with Gasteiger partial charge in [0.2, 0.25) is 0 Å². The fourth-order valence-electron chi connectivity index (χ4n) is 2.85. The Kier molecular flexibility index (Phi) is 9.87. The first-order valence-electron chi connectivity index (χ1n) is 8.46. The van der Waals surface area contributed by atoms with Crippen molar-refractivity contribution in [3.05, 3.63) is 58.7 Å². The molecule has 2 rings (SSSR count). The molecule has 0 aliphatic carbocycles. The SMILES string of the molecule is Cc1cc(B(O)O)ccc1C(C)C.Cc1cc(N)ccc1C(C)C.Cl. The summed E-state index contributed by atoms with van der Waals surface area (Å²) in [6.45, 7) is 12.7. The molecule has 0 heterocycles. The van der Waals surface area contributed by atoms with Gasteiger partial charge in [-0.05, 0) is 65.5 Å². The van der Waals surface area contributed by atoms with Crippen LogP contribution in [0.25, 0.3) is 0 Å². The van der Waals surface area contributed by atoms with E-state index in [9.17, 15) is 0 Å². The van der Waals surface area contributed by atoms with Crippen LogP contribution in [0.15, 0.2) is 36.4 Å². The van der Waals surface area contributed by atoms with Crippen molar-refractivity contribution in [1.82, 2.24) is 0 Å². The second-order valence-electron chi connectivity index (χ2n) is 6.92. The Labute approximate surface area is 158 Å². The molecule has 25 heavy (non-hydrogen) atoms. The van der Waals surface area contributed by atoms with Crippen molar-refractivity contribution in [3.63, 3.8) is 0 Å². The minimum atomic E-state index is -1.36. The highest BCUT2D eigenvalue weighted by molar-refractivity contribution is 6.58. The summed E-state index contributed by atoms with van der Waals surface area (Å²) in [4.78, 5) is 0. The summed E-state index contributed by atoms with van der Waals surface area (Å²) in [6, 6.07) is 11.6. The first-order chi connectivity index (χ1) is 11.1. The fourth-order valence-corrected chi connectivity index (χ4v) is 2.85. The molecule has 138 valence electrons. The molecule has 0 aliphatic heterocycles. The summed E-state index contributed by atoms with van der Waals surface area (Å²) in [5.74, 6) is 1.07. The van der Waals surface area contributed by atoms with Gasteiger partial charge in [0.25, 0.3) is 0 Å². The zero-order valence-electron chi connectivity index (χ0n) is 16.1. The smallest absolute Gasteiger partial charge is 0.423 e. The highest BCUT2D eigenvalue weighted by atomic mass is 35.5. The van der Waals surface area contributed by atoms with E-state index in [0.717, 1.165) is 11.3 Å². The number of anilines is 1. The molecule has 0 spiro atoms. The Balaban J connectivity index is 0.000000449. The third kappa shape index (κ3) is 7.11. The molecular formula is C20H31BClNO2. The van der Waals surface area contributed by atoms with Crippen LogP contribution in [0.5, 0.6) is 0 Å². The van der Waals surface area contributed by atoms with Crippen LogP contribution in [0.1, 0.15) is 61.8 Å². The highest BCUT2D eigenvalue weighted by Crippen LogP contribution is 2.20. The maximum absolute atomic E-state index is 8.93. The monoisotopic (exact) mass is 363 g/mol. The zero-order chi connectivity index (χ0) is 18.4. The maximum Gasteiger partial charge on any atom is 0.488 e. The fraction of sp³-hybridized carbons (Fsp3) is 0.400. The number of aryl methyl sites for hydroxylation is 2. The Bertz CT molecular complexity index is 673. The normalized spacial score (nSPS) is 10.2. The molecule has 0 fully saturated rings. The Morgan fingerprint density at radius 1 is 0.800 bits per heavy atom. The molecule has 2 aromatic rings. The first-order valence-corrected chi connectivity index (χ1v) is 8.46. The molecule has 0 radical (unpaired) electrons. The van der Waals surface area contributed by atoms with Gasteiger partial charge in [0.15, 0.2) is 0 Å². The number of nitrogens with two attached hydrogens (primary N) is 1. The van der Waals surface area contributed by atoms with Gasteiger partial charge in [-0.25, -0.2) is 0 Å². The Morgan fingerprint density at radius 3 is 1.60 bits per heavy atom. The number of hydrogen-bond donors (Lipinski definition) is 3. The van der Waals surface area contributed by atoms with Crippen molar-refractivity contribution in [1.29, 1.82) is 0 Å². The van der Waals surface area contributed by atoms with Crippen LogP contribution < -0.4 is 11.2 Å².